The summed E-state index contributed by atoms with van der Waals surface area (Å²) >= 11 is 0. The molecule has 0 unspecified atom stereocenters. The van der Waals surface area contributed by atoms with Crippen molar-refractivity contribution in [3.05, 3.63) is 0 Å². The predicted octanol–water partition coefficient (Wildman–Crippen LogP) is 1.01. The normalized spacial score (nSPS) is 26.4. The van der Waals surface area contributed by atoms with Crippen LogP contribution in [0.5, 0.6) is 0 Å². The molecular weight excluding hydrogens is 216 g/mol. The van der Waals surface area contributed by atoms with E-state index >= 15 is 0 Å². The Balaban J connectivity index is 1.88. The van der Waals surface area contributed by atoms with Crippen molar-refractivity contribution in [2.45, 2.75) is 38.6 Å². The van der Waals surface area contributed by atoms with Crippen molar-refractivity contribution in [1.29, 1.82) is 0 Å². The van der Waals surface area contributed by atoms with Crippen LogP contribution in [-0.2, 0) is 9.53 Å². The van der Waals surface area contributed by atoms with Gasteiger partial charge in [0.15, 0.2) is 0 Å². The van der Waals surface area contributed by atoms with Gasteiger partial charge in [-0.05, 0) is 45.7 Å². The molecule has 2 aliphatic heterocycles. The molecule has 0 aliphatic carbocycles. The van der Waals surface area contributed by atoms with E-state index in [0.29, 0.717) is 18.6 Å². The molecule has 2 rings (SSSR count). The third-order valence-corrected chi connectivity index (χ3v) is 3.86. The maximum Gasteiger partial charge on any atom is 0.226 e. The van der Waals surface area contributed by atoms with Crippen LogP contribution < -0.4 is 5.32 Å². The van der Waals surface area contributed by atoms with Crippen LogP contribution in [0.15, 0.2) is 0 Å². The minimum absolute atomic E-state index is 0.249. The maximum atomic E-state index is 12.4. The molecule has 0 aromatic heterocycles. The highest BCUT2D eigenvalue weighted by molar-refractivity contribution is 5.79. The van der Waals surface area contributed by atoms with Gasteiger partial charge in [-0.25, -0.2) is 0 Å². The van der Waals surface area contributed by atoms with Crippen molar-refractivity contribution in [1.82, 2.24) is 10.2 Å². The van der Waals surface area contributed by atoms with E-state index in [-0.39, 0.29) is 5.92 Å². The Morgan fingerprint density at radius 1 is 1.35 bits per heavy atom. The monoisotopic (exact) mass is 240 g/mol. The molecule has 0 bridgehead atoms. The van der Waals surface area contributed by atoms with Crippen molar-refractivity contribution in [3.63, 3.8) is 0 Å². The summed E-state index contributed by atoms with van der Waals surface area (Å²) in [4.78, 5) is 14.5. The van der Waals surface area contributed by atoms with Gasteiger partial charge in [0.1, 0.15) is 0 Å². The molecule has 0 aromatic carbocycles. The molecule has 1 atom stereocenters. The van der Waals surface area contributed by atoms with E-state index in [9.17, 15) is 4.79 Å². The van der Waals surface area contributed by atoms with Crippen LogP contribution in [0.2, 0.25) is 0 Å². The smallest absolute Gasteiger partial charge is 0.226 e. The second kappa shape index (κ2) is 6.36. The molecule has 4 heteroatoms. The van der Waals surface area contributed by atoms with Crippen molar-refractivity contribution in [2.75, 3.05) is 32.8 Å². The number of carbonyl (C=O) groups excluding carboxylic acids is 1. The predicted molar refractivity (Wildman–Crippen MR) is 66.8 cm³/mol. The lowest BCUT2D eigenvalue weighted by Gasteiger charge is -2.30. The molecule has 2 saturated heterocycles. The Hall–Kier alpha value is -0.610. The minimum Gasteiger partial charge on any atom is -0.380 e. The topological polar surface area (TPSA) is 41.6 Å². The third kappa shape index (κ3) is 3.19. The number of piperidine rings is 1. The number of carbonyl (C=O) groups is 1. The summed E-state index contributed by atoms with van der Waals surface area (Å²) in [5, 5.41) is 3.31. The summed E-state index contributed by atoms with van der Waals surface area (Å²) in [6.07, 6.45) is 4.23. The van der Waals surface area contributed by atoms with E-state index in [2.05, 4.69) is 10.2 Å². The second-order valence-electron chi connectivity index (χ2n) is 5.01. The molecule has 2 aliphatic rings. The summed E-state index contributed by atoms with van der Waals surface area (Å²) in [6.45, 7) is 6.37. The zero-order chi connectivity index (χ0) is 12.1. The molecular formula is C13H24N2O2. The SMILES string of the molecule is CCOC[C@@H]1CCCN1C(=O)C1CCNCC1. The number of nitrogens with zero attached hydrogens (tertiary/aromatic N) is 1. The van der Waals surface area contributed by atoms with Crippen LogP contribution in [0, 0.1) is 5.92 Å². The highest BCUT2D eigenvalue weighted by Gasteiger charge is 2.33. The van der Waals surface area contributed by atoms with Gasteiger partial charge in [0.25, 0.3) is 0 Å². The Labute approximate surface area is 104 Å². The fraction of sp³-hybridized carbons (Fsp3) is 0.923. The summed E-state index contributed by atoms with van der Waals surface area (Å²) in [6, 6.07) is 0.331. The van der Waals surface area contributed by atoms with Gasteiger partial charge >= 0.3 is 0 Å². The Kier molecular flexibility index (Phi) is 4.80. The van der Waals surface area contributed by atoms with Gasteiger partial charge in [0.05, 0.1) is 12.6 Å². The van der Waals surface area contributed by atoms with Crippen LogP contribution in [0.25, 0.3) is 0 Å². The van der Waals surface area contributed by atoms with E-state index in [1.165, 1.54) is 0 Å². The number of rotatable bonds is 4. The summed E-state index contributed by atoms with van der Waals surface area (Å²) in [5.74, 6) is 0.618. The van der Waals surface area contributed by atoms with Crippen LogP contribution in [0.3, 0.4) is 0 Å². The molecule has 0 saturated carbocycles. The summed E-state index contributed by atoms with van der Waals surface area (Å²) < 4.78 is 5.48. The molecule has 17 heavy (non-hydrogen) atoms. The fourth-order valence-electron chi connectivity index (χ4n) is 2.86. The van der Waals surface area contributed by atoms with E-state index in [4.69, 9.17) is 4.74 Å². The van der Waals surface area contributed by atoms with E-state index in [1.807, 2.05) is 6.92 Å². The largest absolute Gasteiger partial charge is 0.380 e. The first-order valence-electron chi connectivity index (χ1n) is 6.92. The molecule has 1 amide bonds. The molecule has 98 valence electrons. The molecule has 4 nitrogen and oxygen atoms in total. The number of hydrogen-bond acceptors (Lipinski definition) is 3. The third-order valence-electron chi connectivity index (χ3n) is 3.86. The zero-order valence-electron chi connectivity index (χ0n) is 10.8. The zero-order valence-corrected chi connectivity index (χ0v) is 10.8. The van der Waals surface area contributed by atoms with Crippen LogP contribution >= 0.6 is 0 Å². The Bertz CT molecular complexity index is 252. The Morgan fingerprint density at radius 2 is 2.12 bits per heavy atom. The fourth-order valence-corrected chi connectivity index (χ4v) is 2.86. The van der Waals surface area contributed by atoms with E-state index < -0.39 is 0 Å². The number of nitrogens with one attached hydrogen (secondary N) is 1. The first kappa shape index (κ1) is 12.8. The lowest BCUT2D eigenvalue weighted by Crippen LogP contribution is -2.44. The van der Waals surface area contributed by atoms with Gasteiger partial charge in [0.2, 0.25) is 5.91 Å². The minimum atomic E-state index is 0.249. The highest BCUT2D eigenvalue weighted by atomic mass is 16.5. The quantitative estimate of drug-likeness (QED) is 0.797. The molecule has 2 fully saturated rings. The average molecular weight is 240 g/mol. The van der Waals surface area contributed by atoms with Gasteiger partial charge in [-0.3, -0.25) is 4.79 Å². The standard InChI is InChI=1S/C13H24N2O2/c1-2-17-10-12-4-3-9-15(12)13(16)11-5-7-14-8-6-11/h11-12,14H,2-10H2,1H3/t12-/m0/s1. The molecule has 1 N–H and O–H groups in total. The first-order valence-corrected chi connectivity index (χ1v) is 6.92. The highest BCUT2D eigenvalue weighted by Crippen LogP contribution is 2.23. The van der Waals surface area contributed by atoms with Crippen LogP contribution in [0.1, 0.15) is 32.6 Å². The number of hydrogen-bond donors (Lipinski definition) is 1. The van der Waals surface area contributed by atoms with Crippen molar-refractivity contribution in [3.8, 4) is 0 Å². The van der Waals surface area contributed by atoms with Crippen molar-refractivity contribution in [2.24, 2.45) is 5.92 Å². The molecule has 0 aromatic rings. The van der Waals surface area contributed by atoms with Crippen LogP contribution in [-0.4, -0.2) is 49.7 Å². The van der Waals surface area contributed by atoms with Crippen molar-refractivity contribution >= 4 is 5.91 Å². The Morgan fingerprint density at radius 3 is 2.82 bits per heavy atom. The van der Waals surface area contributed by atoms with E-state index in [0.717, 1.165) is 51.9 Å². The van der Waals surface area contributed by atoms with Crippen molar-refractivity contribution < 1.29 is 9.53 Å². The number of ether oxygens (including phenoxy) is 1. The van der Waals surface area contributed by atoms with Gasteiger partial charge < -0.3 is 15.0 Å². The average Bonchev–Trinajstić information content (AvgIpc) is 2.84. The van der Waals surface area contributed by atoms with Gasteiger partial charge in [-0.2, -0.15) is 0 Å². The van der Waals surface area contributed by atoms with Crippen LogP contribution in [0.4, 0.5) is 0 Å². The maximum absolute atomic E-state index is 12.4. The second-order valence-corrected chi connectivity index (χ2v) is 5.01. The number of amides is 1. The first-order chi connectivity index (χ1) is 8.33. The van der Waals surface area contributed by atoms with Gasteiger partial charge in [-0.15, -0.1) is 0 Å². The summed E-state index contributed by atoms with van der Waals surface area (Å²) in [7, 11) is 0. The molecule has 0 spiro atoms. The molecule has 0 radical (unpaired) electrons. The van der Waals surface area contributed by atoms with Gasteiger partial charge in [-0.1, -0.05) is 0 Å². The lowest BCUT2D eigenvalue weighted by atomic mass is 9.96. The lowest BCUT2D eigenvalue weighted by molar-refractivity contribution is -0.138. The van der Waals surface area contributed by atoms with Gasteiger partial charge in [0, 0.05) is 19.1 Å². The molecule has 2 heterocycles. The summed E-state index contributed by atoms with van der Waals surface area (Å²) in [5.41, 5.74) is 0. The van der Waals surface area contributed by atoms with E-state index in [1.54, 1.807) is 0 Å². The number of likely N-dealkylation sites (tertiary alicyclic amines) is 1.